The van der Waals surface area contributed by atoms with Crippen molar-refractivity contribution in [1.82, 2.24) is 5.32 Å². The maximum atomic E-state index is 13.3. The van der Waals surface area contributed by atoms with Crippen molar-refractivity contribution in [1.29, 1.82) is 0 Å². The van der Waals surface area contributed by atoms with Crippen LogP contribution in [-0.2, 0) is 15.3 Å². The number of thioether (sulfide) groups is 1. The number of carbonyl (C=O) groups is 1. The van der Waals surface area contributed by atoms with Crippen molar-refractivity contribution in [2.45, 2.75) is 11.8 Å². The van der Waals surface area contributed by atoms with E-state index in [4.69, 9.17) is 10.5 Å². The van der Waals surface area contributed by atoms with Crippen LogP contribution in [0.3, 0.4) is 0 Å². The molecule has 0 aromatic heterocycles. The first-order valence-electron chi connectivity index (χ1n) is 5.98. The average molecular weight is 286 g/mol. The first kappa shape index (κ1) is 15.9. The molecule has 0 aliphatic carbocycles. The maximum Gasteiger partial charge on any atom is 0.239 e. The lowest BCUT2D eigenvalue weighted by atomic mass is 10.2. The van der Waals surface area contributed by atoms with Gasteiger partial charge in [0.05, 0.1) is 6.61 Å². The first-order chi connectivity index (χ1) is 9.15. The third-order valence-electron chi connectivity index (χ3n) is 2.44. The first-order valence-corrected chi connectivity index (χ1v) is 7.14. The zero-order valence-corrected chi connectivity index (χ0v) is 11.7. The van der Waals surface area contributed by atoms with E-state index in [9.17, 15) is 9.18 Å². The second-order valence-electron chi connectivity index (χ2n) is 4.00. The minimum atomic E-state index is -0.637. The Balaban J connectivity index is 2.15. The summed E-state index contributed by atoms with van der Waals surface area (Å²) in [5.74, 6) is 0.876. The summed E-state index contributed by atoms with van der Waals surface area (Å²) in [6.07, 6.45) is 0. The monoisotopic (exact) mass is 286 g/mol. The average Bonchev–Trinajstić information content (AvgIpc) is 2.40. The number of carbonyl (C=O) groups excluding carboxylic acids is 1. The summed E-state index contributed by atoms with van der Waals surface area (Å²) in [6, 6.07) is 6.05. The van der Waals surface area contributed by atoms with E-state index >= 15 is 0 Å². The van der Waals surface area contributed by atoms with E-state index in [1.165, 1.54) is 13.2 Å². The summed E-state index contributed by atoms with van der Waals surface area (Å²) in [5.41, 5.74) is 6.24. The van der Waals surface area contributed by atoms with E-state index < -0.39 is 6.04 Å². The van der Waals surface area contributed by atoms with Gasteiger partial charge in [0.1, 0.15) is 11.9 Å². The number of ether oxygens (including phenoxy) is 1. The molecule has 1 aromatic rings. The molecular weight excluding hydrogens is 267 g/mol. The predicted octanol–water partition coefficient (Wildman–Crippen LogP) is 1.15. The van der Waals surface area contributed by atoms with Crippen LogP contribution in [0.4, 0.5) is 4.39 Å². The highest BCUT2D eigenvalue weighted by Crippen LogP contribution is 2.14. The fourth-order valence-corrected chi connectivity index (χ4v) is 2.28. The molecule has 106 valence electrons. The fourth-order valence-electron chi connectivity index (χ4n) is 1.43. The van der Waals surface area contributed by atoms with Crippen molar-refractivity contribution < 1.29 is 13.9 Å². The Morgan fingerprint density at radius 1 is 1.53 bits per heavy atom. The molecule has 6 heteroatoms. The van der Waals surface area contributed by atoms with Gasteiger partial charge in [-0.15, -0.1) is 0 Å². The van der Waals surface area contributed by atoms with Gasteiger partial charge in [-0.3, -0.25) is 4.79 Å². The van der Waals surface area contributed by atoms with Crippen molar-refractivity contribution in [3.8, 4) is 0 Å². The lowest BCUT2D eigenvalue weighted by Gasteiger charge is -2.11. The van der Waals surface area contributed by atoms with E-state index in [0.717, 1.165) is 0 Å². The van der Waals surface area contributed by atoms with Gasteiger partial charge in [-0.2, -0.15) is 11.8 Å². The molecule has 19 heavy (non-hydrogen) atoms. The SMILES string of the molecule is COCC(N)C(=O)NCCSCc1ccccc1F. The molecule has 1 unspecified atom stereocenters. The smallest absolute Gasteiger partial charge is 0.239 e. The molecule has 0 bridgehead atoms. The van der Waals surface area contributed by atoms with Gasteiger partial charge in [0, 0.05) is 25.2 Å². The molecule has 1 aromatic carbocycles. The number of rotatable bonds is 8. The molecule has 4 nitrogen and oxygen atoms in total. The number of methoxy groups -OCH3 is 1. The van der Waals surface area contributed by atoms with Gasteiger partial charge < -0.3 is 15.8 Å². The van der Waals surface area contributed by atoms with Crippen LogP contribution in [0.5, 0.6) is 0 Å². The third-order valence-corrected chi connectivity index (χ3v) is 3.45. The Labute approximate surface area is 116 Å². The van der Waals surface area contributed by atoms with Gasteiger partial charge in [0.15, 0.2) is 0 Å². The molecule has 0 saturated carbocycles. The van der Waals surface area contributed by atoms with Crippen LogP contribution in [0.25, 0.3) is 0 Å². The fraction of sp³-hybridized carbons (Fsp3) is 0.462. The quantitative estimate of drug-likeness (QED) is 0.704. The number of halogens is 1. The molecule has 0 radical (unpaired) electrons. The molecule has 0 spiro atoms. The van der Waals surface area contributed by atoms with Crippen LogP contribution in [0, 0.1) is 5.82 Å². The van der Waals surface area contributed by atoms with Crippen LogP contribution in [-0.4, -0.2) is 38.0 Å². The van der Waals surface area contributed by atoms with Crippen molar-refractivity contribution in [3.05, 3.63) is 35.6 Å². The van der Waals surface area contributed by atoms with Crippen molar-refractivity contribution in [2.24, 2.45) is 5.73 Å². The van der Waals surface area contributed by atoms with E-state index in [1.807, 2.05) is 6.07 Å². The van der Waals surface area contributed by atoms with E-state index in [0.29, 0.717) is 23.6 Å². The van der Waals surface area contributed by atoms with Gasteiger partial charge in [-0.1, -0.05) is 18.2 Å². The zero-order valence-electron chi connectivity index (χ0n) is 10.9. The van der Waals surface area contributed by atoms with Gasteiger partial charge in [0.2, 0.25) is 5.91 Å². The number of amides is 1. The Hall–Kier alpha value is -1.11. The summed E-state index contributed by atoms with van der Waals surface area (Å²) in [6.45, 7) is 0.712. The van der Waals surface area contributed by atoms with Crippen LogP contribution in [0.2, 0.25) is 0 Å². The van der Waals surface area contributed by atoms with Gasteiger partial charge >= 0.3 is 0 Å². The lowest BCUT2D eigenvalue weighted by Crippen LogP contribution is -2.44. The number of hydrogen-bond acceptors (Lipinski definition) is 4. The van der Waals surface area contributed by atoms with Crippen molar-refractivity contribution in [2.75, 3.05) is 26.0 Å². The van der Waals surface area contributed by atoms with E-state index in [1.54, 1.807) is 23.9 Å². The Morgan fingerprint density at radius 2 is 2.26 bits per heavy atom. The molecule has 0 aliphatic heterocycles. The van der Waals surface area contributed by atoms with Gasteiger partial charge in [-0.25, -0.2) is 4.39 Å². The lowest BCUT2D eigenvalue weighted by molar-refractivity contribution is -0.123. The molecule has 1 atom stereocenters. The maximum absolute atomic E-state index is 13.3. The molecule has 1 rings (SSSR count). The highest BCUT2D eigenvalue weighted by atomic mass is 32.2. The molecule has 0 saturated heterocycles. The van der Waals surface area contributed by atoms with Crippen LogP contribution in [0.1, 0.15) is 5.56 Å². The summed E-state index contributed by atoms with van der Waals surface area (Å²) in [5, 5.41) is 2.71. The predicted molar refractivity (Wildman–Crippen MR) is 75.4 cm³/mol. The van der Waals surface area contributed by atoms with Gasteiger partial charge in [0.25, 0.3) is 0 Å². The van der Waals surface area contributed by atoms with E-state index in [-0.39, 0.29) is 18.3 Å². The van der Waals surface area contributed by atoms with Crippen LogP contribution >= 0.6 is 11.8 Å². The van der Waals surface area contributed by atoms with Crippen LogP contribution < -0.4 is 11.1 Å². The normalized spacial score (nSPS) is 12.2. The Bertz CT molecular complexity index is 404. The molecule has 3 N–H and O–H groups in total. The topological polar surface area (TPSA) is 64.3 Å². The summed E-state index contributed by atoms with van der Waals surface area (Å²) in [7, 11) is 1.50. The second kappa shape index (κ2) is 8.90. The number of nitrogens with two attached hydrogens (primary N) is 1. The second-order valence-corrected chi connectivity index (χ2v) is 5.10. The summed E-state index contributed by atoms with van der Waals surface area (Å²) < 4.78 is 18.1. The number of nitrogens with one attached hydrogen (secondary N) is 1. The molecule has 0 aliphatic rings. The summed E-state index contributed by atoms with van der Waals surface area (Å²) in [4.78, 5) is 11.4. The standard InChI is InChI=1S/C13H19FN2O2S/c1-18-8-12(15)13(17)16-6-7-19-9-10-4-2-3-5-11(10)14/h2-5,12H,6-9,15H2,1H3,(H,16,17). The molecule has 0 heterocycles. The Kier molecular flexibility index (Phi) is 7.47. The number of benzene rings is 1. The number of hydrogen-bond donors (Lipinski definition) is 2. The van der Waals surface area contributed by atoms with Crippen molar-refractivity contribution >= 4 is 17.7 Å². The third kappa shape index (κ3) is 6.04. The summed E-state index contributed by atoms with van der Waals surface area (Å²) >= 11 is 1.56. The molecule has 0 fully saturated rings. The van der Waals surface area contributed by atoms with Gasteiger partial charge in [-0.05, 0) is 11.6 Å². The highest BCUT2D eigenvalue weighted by molar-refractivity contribution is 7.98. The minimum absolute atomic E-state index is 0.193. The van der Waals surface area contributed by atoms with Crippen LogP contribution in [0.15, 0.2) is 24.3 Å². The molecular formula is C13H19FN2O2S. The van der Waals surface area contributed by atoms with Crippen molar-refractivity contribution in [3.63, 3.8) is 0 Å². The molecule has 1 amide bonds. The Morgan fingerprint density at radius 3 is 2.95 bits per heavy atom. The van der Waals surface area contributed by atoms with E-state index in [2.05, 4.69) is 5.32 Å². The minimum Gasteiger partial charge on any atom is -0.383 e. The highest BCUT2D eigenvalue weighted by Gasteiger charge is 2.11. The zero-order chi connectivity index (χ0) is 14.1. The largest absolute Gasteiger partial charge is 0.383 e.